The second kappa shape index (κ2) is 4.91. The summed E-state index contributed by atoms with van der Waals surface area (Å²) in [7, 11) is 0. The Kier molecular flexibility index (Phi) is 3.32. The zero-order valence-corrected chi connectivity index (χ0v) is 8.91. The molecule has 2 heterocycles. The summed E-state index contributed by atoms with van der Waals surface area (Å²) in [5.74, 6) is 0.551. The van der Waals surface area contributed by atoms with E-state index in [0.29, 0.717) is 18.2 Å². The molecule has 0 aliphatic carbocycles. The molecular formula is C11H11NO2S. The lowest BCUT2D eigenvalue weighted by Crippen LogP contribution is -1.97. The third kappa shape index (κ3) is 2.78. The number of ether oxygens (including phenoxy) is 1. The standard InChI is InChI=1S/C11H11NO2S/c13-7-9-3-1-5-11(12-9)14-8-10-4-2-6-15-10/h1-6,13H,7-8H2. The van der Waals surface area contributed by atoms with Crippen molar-refractivity contribution in [1.29, 1.82) is 0 Å². The monoisotopic (exact) mass is 221 g/mol. The molecule has 0 fully saturated rings. The molecule has 1 N–H and O–H groups in total. The van der Waals surface area contributed by atoms with Crippen LogP contribution in [0.3, 0.4) is 0 Å². The lowest BCUT2D eigenvalue weighted by Gasteiger charge is -2.04. The Bertz CT molecular complexity index is 414. The number of rotatable bonds is 4. The number of aliphatic hydroxyl groups is 1. The summed E-state index contributed by atoms with van der Waals surface area (Å²) in [4.78, 5) is 5.28. The topological polar surface area (TPSA) is 42.4 Å². The van der Waals surface area contributed by atoms with Crippen molar-refractivity contribution in [2.24, 2.45) is 0 Å². The van der Waals surface area contributed by atoms with Crippen molar-refractivity contribution in [3.63, 3.8) is 0 Å². The van der Waals surface area contributed by atoms with Crippen LogP contribution < -0.4 is 4.74 Å². The highest BCUT2D eigenvalue weighted by Gasteiger charge is 1.99. The highest BCUT2D eigenvalue weighted by atomic mass is 32.1. The van der Waals surface area contributed by atoms with E-state index in [4.69, 9.17) is 9.84 Å². The van der Waals surface area contributed by atoms with Crippen LogP contribution in [-0.2, 0) is 13.2 Å². The van der Waals surface area contributed by atoms with Crippen molar-refractivity contribution in [3.8, 4) is 5.88 Å². The Balaban J connectivity index is 1.98. The molecule has 15 heavy (non-hydrogen) atoms. The van der Waals surface area contributed by atoms with E-state index in [1.165, 1.54) is 0 Å². The predicted octanol–water partition coefficient (Wildman–Crippen LogP) is 2.21. The number of aromatic nitrogens is 1. The van der Waals surface area contributed by atoms with Gasteiger partial charge in [0.2, 0.25) is 5.88 Å². The maximum atomic E-state index is 8.90. The molecule has 2 aromatic heterocycles. The van der Waals surface area contributed by atoms with E-state index >= 15 is 0 Å². The Hall–Kier alpha value is -1.39. The van der Waals surface area contributed by atoms with Crippen LogP contribution in [-0.4, -0.2) is 10.1 Å². The van der Waals surface area contributed by atoms with Gasteiger partial charge in [-0.25, -0.2) is 4.98 Å². The SMILES string of the molecule is OCc1cccc(OCc2cccs2)n1. The molecular weight excluding hydrogens is 210 g/mol. The number of pyridine rings is 1. The summed E-state index contributed by atoms with van der Waals surface area (Å²) in [6.45, 7) is 0.468. The fourth-order valence-electron chi connectivity index (χ4n) is 1.17. The van der Waals surface area contributed by atoms with Gasteiger partial charge in [0, 0.05) is 10.9 Å². The summed E-state index contributed by atoms with van der Waals surface area (Å²) in [5.41, 5.74) is 0.624. The fourth-order valence-corrected chi connectivity index (χ4v) is 1.78. The number of nitrogens with zero attached hydrogens (tertiary/aromatic N) is 1. The van der Waals surface area contributed by atoms with Crippen LogP contribution in [0, 0.1) is 0 Å². The summed E-state index contributed by atoms with van der Waals surface area (Å²) in [6, 6.07) is 9.37. The second-order valence-electron chi connectivity index (χ2n) is 2.99. The molecule has 2 rings (SSSR count). The molecule has 3 nitrogen and oxygen atoms in total. The van der Waals surface area contributed by atoms with Crippen LogP contribution in [0.1, 0.15) is 10.6 Å². The van der Waals surface area contributed by atoms with Gasteiger partial charge in [-0.2, -0.15) is 0 Å². The van der Waals surface area contributed by atoms with Crippen molar-refractivity contribution in [2.75, 3.05) is 0 Å². The largest absolute Gasteiger partial charge is 0.472 e. The van der Waals surface area contributed by atoms with E-state index in [1.807, 2.05) is 23.6 Å². The van der Waals surface area contributed by atoms with Gasteiger partial charge in [0.1, 0.15) is 6.61 Å². The summed E-state index contributed by atoms with van der Waals surface area (Å²) in [5, 5.41) is 10.9. The molecule has 0 aliphatic heterocycles. The second-order valence-corrected chi connectivity index (χ2v) is 4.03. The molecule has 0 amide bonds. The van der Waals surface area contributed by atoms with Crippen molar-refractivity contribution < 1.29 is 9.84 Å². The van der Waals surface area contributed by atoms with Crippen molar-refractivity contribution in [3.05, 3.63) is 46.3 Å². The maximum Gasteiger partial charge on any atom is 0.213 e. The normalized spacial score (nSPS) is 10.2. The molecule has 0 atom stereocenters. The van der Waals surface area contributed by atoms with Gasteiger partial charge in [-0.3, -0.25) is 0 Å². The van der Waals surface area contributed by atoms with Gasteiger partial charge in [0.15, 0.2) is 0 Å². The third-order valence-corrected chi connectivity index (χ3v) is 2.74. The summed E-state index contributed by atoms with van der Waals surface area (Å²) < 4.78 is 5.48. The summed E-state index contributed by atoms with van der Waals surface area (Å²) >= 11 is 1.65. The number of hydrogen-bond acceptors (Lipinski definition) is 4. The zero-order chi connectivity index (χ0) is 10.5. The quantitative estimate of drug-likeness (QED) is 0.860. The first-order chi connectivity index (χ1) is 7.38. The molecule has 0 spiro atoms. The van der Waals surface area contributed by atoms with Crippen LogP contribution in [0.5, 0.6) is 5.88 Å². The van der Waals surface area contributed by atoms with Gasteiger partial charge in [0.05, 0.1) is 12.3 Å². The first-order valence-corrected chi connectivity index (χ1v) is 5.48. The van der Waals surface area contributed by atoms with Crippen LogP contribution in [0.25, 0.3) is 0 Å². The van der Waals surface area contributed by atoms with Gasteiger partial charge < -0.3 is 9.84 Å². The molecule has 0 bridgehead atoms. The van der Waals surface area contributed by atoms with Crippen LogP contribution in [0.2, 0.25) is 0 Å². The minimum atomic E-state index is -0.0593. The number of hydrogen-bond donors (Lipinski definition) is 1. The predicted molar refractivity (Wildman–Crippen MR) is 58.8 cm³/mol. The van der Waals surface area contributed by atoms with Gasteiger partial charge in [-0.05, 0) is 17.5 Å². The Morgan fingerprint density at radius 2 is 2.20 bits per heavy atom. The molecule has 0 aromatic carbocycles. The number of thiophene rings is 1. The molecule has 4 heteroatoms. The molecule has 0 radical (unpaired) electrons. The minimum absolute atomic E-state index is 0.0593. The van der Waals surface area contributed by atoms with Crippen molar-refractivity contribution >= 4 is 11.3 Å². The van der Waals surface area contributed by atoms with Crippen molar-refractivity contribution in [2.45, 2.75) is 13.2 Å². The molecule has 78 valence electrons. The van der Waals surface area contributed by atoms with Gasteiger partial charge >= 0.3 is 0 Å². The smallest absolute Gasteiger partial charge is 0.213 e. The lowest BCUT2D eigenvalue weighted by atomic mass is 10.4. The first kappa shape index (κ1) is 10.1. The van der Waals surface area contributed by atoms with E-state index in [9.17, 15) is 0 Å². The van der Waals surface area contributed by atoms with E-state index < -0.39 is 0 Å². The average molecular weight is 221 g/mol. The molecule has 0 saturated carbocycles. The van der Waals surface area contributed by atoms with Gasteiger partial charge in [0.25, 0.3) is 0 Å². The number of aliphatic hydroxyl groups excluding tert-OH is 1. The van der Waals surface area contributed by atoms with Crippen LogP contribution >= 0.6 is 11.3 Å². The van der Waals surface area contributed by atoms with Crippen LogP contribution in [0.15, 0.2) is 35.7 Å². The van der Waals surface area contributed by atoms with E-state index in [0.717, 1.165) is 4.88 Å². The van der Waals surface area contributed by atoms with E-state index in [-0.39, 0.29) is 6.61 Å². The highest BCUT2D eigenvalue weighted by Crippen LogP contribution is 2.13. The molecule has 0 aliphatic rings. The zero-order valence-electron chi connectivity index (χ0n) is 8.09. The fraction of sp³-hybridized carbons (Fsp3) is 0.182. The highest BCUT2D eigenvalue weighted by molar-refractivity contribution is 7.09. The summed E-state index contributed by atoms with van der Waals surface area (Å²) in [6.07, 6.45) is 0. The Morgan fingerprint density at radius 1 is 1.27 bits per heavy atom. The van der Waals surface area contributed by atoms with E-state index in [2.05, 4.69) is 4.98 Å². The van der Waals surface area contributed by atoms with Crippen molar-refractivity contribution in [1.82, 2.24) is 4.98 Å². The van der Waals surface area contributed by atoms with Crippen LogP contribution in [0.4, 0.5) is 0 Å². The lowest BCUT2D eigenvalue weighted by molar-refractivity contribution is 0.267. The van der Waals surface area contributed by atoms with Gasteiger partial charge in [-0.1, -0.05) is 12.1 Å². The first-order valence-electron chi connectivity index (χ1n) is 4.60. The van der Waals surface area contributed by atoms with E-state index in [1.54, 1.807) is 23.5 Å². The van der Waals surface area contributed by atoms with Gasteiger partial charge in [-0.15, -0.1) is 11.3 Å². The maximum absolute atomic E-state index is 8.90. The molecule has 2 aromatic rings. The minimum Gasteiger partial charge on any atom is -0.472 e. The Labute approximate surface area is 92.0 Å². The average Bonchev–Trinajstić information content (AvgIpc) is 2.79. The third-order valence-electron chi connectivity index (χ3n) is 1.89. The molecule has 0 unspecified atom stereocenters. The Morgan fingerprint density at radius 3 is 2.93 bits per heavy atom. The molecule has 0 saturated heterocycles.